The van der Waals surface area contributed by atoms with Crippen LogP contribution in [-0.2, 0) is 0 Å². The van der Waals surface area contributed by atoms with Crippen LogP contribution >= 0.6 is 0 Å². The third-order valence-electron chi connectivity index (χ3n) is 10.1. The molecule has 0 unspecified atom stereocenters. The van der Waals surface area contributed by atoms with E-state index in [-0.39, 0.29) is 0 Å². The second-order valence-corrected chi connectivity index (χ2v) is 13.1. The first-order chi connectivity index (χ1) is 26.2. The first-order valence-corrected chi connectivity index (χ1v) is 17.3. The van der Waals surface area contributed by atoms with Gasteiger partial charge in [0.05, 0.1) is 28.4 Å². The normalized spacial score (nSPS) is 11.8. The van der Waals surface area contributed by atoms with Crippen molar-refractivity contribution >= 4 is 65.7 Å². The summed E-state index contributed by atoms with van der Waals surface area (Å²) in [6, 6.07) is 52.7. The Kier molecular flexibility index (Phi) is 6.18. The summed E-state index contributed by atoms with van der Waals surface area (Å²) < 4.78 is 15.4. The standard InChI is InChI=1S/C46H25N5O2/c47-26-29-25-35(51-33-20-10-7-17-30(33)40-34(51)23-24-38-41(40)31-18-8-11-21-36(31)52-38)43-42(32-19-9-12-22-37(32)53-43)39(29)46-49-44(27-13-3-1-4-14-27)48-45(50-46)28-15-5-2-6-16-28/h1-25H. The van der Waals surface area contributed by atoms with Crippen LogP contribution < -0.4 is 0 Å². The molecule has 11 rings (SSSR count). The first-order valence-electron chi connectivity index (χ1n) is 17.3. The van der Waals surface area contributed by atoms with Crippen molar-refractivity contribution in [3.05, 3.63) is 157 Å². The van der Waals surface area contributed by atoms with Crippen LogP contribution in [0.3, 0.4) is 0 Å². The van der Waals surface area contributed by atoms with Crippen molar-refractivity contribution in [3.63, 3.8) is 0 Å². The third kappa shape index (κ3) is 4.30. The molecular formula is C46H25N5O2. The first kappa shape index (κ1) is 29.2. The molecule has 0 aliphatic rings. The lowest BCUT2D eigenvalue weighted by molar-refractivity contribution is 0.666. The molecule has 4 heterocycles. The number of furan rings is 2. The average molecular weight is 680 g/mol. The molecule has 0 N–H and O–H groups in total. The minimum absolute atomic E-state index is 0.395. The predicted molar refractivity (Wildman–Crippen MR) is 210 cm³/mol. The third-order valence-corrected chi connectivity index (χ3v) is 10.1. The van der Waals surface area contributed by atoms with Crippen LogP contribution in [0.2, 0.25) is 0 Å². The fourth-order valence-electron chi connectivity index (χ4n) is 7.82. The van der Waals surface area contributed by atoms with Crippen molar-refractivity contribution in [1.82, 2.24) is 19.5 Å². The Balaban J connectivity index is 1.28. The van der Waals surface area contributed by atoms with Gasteiger partial charge < -0.3 is 13.4 Å². The smallest absolute Gasteiger partial charge is 0.166 e. The van der Waals surface area contributed by atoms with E-state index in [0.29, 0.717) is 39.8 Å². The molecule has 0 fully saturated rings. The van der Waals surface area contributed by atoms with E-state index in [1.807, 2.05) is 121 Å². The summed E-state index contributed by atoms with van der Waals surface area (Å²) in [6.07, 6.45) is 0. The van der Waals surface area contributed by atoms with Crippen molar-refractivity contribution in [1.29, 1.82) is 5.26 Å². The number of para-hydroxylation sites is 3. The molecule has 11 aromatic rings. The Labute approximate surface area is 301 Å². The van der Waals surface area contributed by atoms with Crippen molar-refractivity contribution in [2.45, 2.75) is 0 Å². The van der Waals surface area contributed by atoms with Gasteiger partial charge in [0.25, 0.3) is 0 Å². The van der Waals surface area contributed by atoms with Crippen molar-refractivity contribution in [2.75, 3.05) is 0 Å². The lowest BCUT2D eigenvalue weighted by Gasteiger charge is -2.14. The summed E-state index contributed by atoms with van der Waals surface area (Å²) in [6.45, 7) is 0. The van der Waals surface area contributed by atoms with Gasteiger partial charge in [-0.3, -0.25) is 0 Å². The zero-order chi connectivity index (χ0) is 35.0. The zero-order valence-electron chi connectivity index (χ0n) is 28.0. The molecule has 246 valence electrons. The molecule has 0 spiro atoms. The fraction of sp³-hybridized carbons (Fsp3) is 0. The fourth-order valence-corrected chi connectivity index (χ4v) is 7.82. The van der Waals surface area contributed by atoms with Crippen LogP contribution in [0.5, 0.6) is 0 Å². The number of nitriles is 1. The van der Waals surface area contributed by atoms with Gasteiger partial charge in [-0.15, -0.1) is 0 Å². The molecular weight excluding hydrogens is 655 g/mol. The SMILES string of the molecule is N#Cc1cc(-n2c3ccccc3c3c4c(ccc32)oc2ccccc24)c2oc3ccccc3c2c1-c1nc(-c2ccccc2)nc(-c2ccccc2)n1. The van der Waals surface area contributed by atoms with Gasteiger partial charge in [0.1, 0.15) is 16.7 Å². The predicted octanol–water partition coefficient (Wildman–Crippen LogP) is 11.6. The second-order valence-electron chi connectivity index (χ2n) is 13.1. The molecule has 53 heavy (non-hydrogen) atoms. The van der Waals surface area contributed by atoms with E-state index in [1.165, 1.54) is 0 Å². The van der Waals surface area contributed by atoms with Crippen LogP contribution in [0.25, 0.3) is 106 Å². The highest BCUT2D eigenvalue weighted by atomic mass is 16.3. The lowest BCUT2D eigenvalue weighted by atomic mass is 9.98. The minimum Gasteiger partial charge on any atom is -0.456 e. The maximum absolute atomic E-state index is 11.0. The van der Waals surface area contributed by atoms with Gasteiger partial charge in [-0.05, 0) is 36.4 Å². The molecule has 7 heteroatoms. The molecule has 0 amide bonds. The summed E-state index contributed by atoms with van der Waals surface area (Å²) in [5.41, 5.74) is 8.40. The van der Waals surface area contributed by atoms with Crippen molar-refractivity contribution < 1.29 is 8.83 Å². The second kappa shape index (κ2) is 11.2. The minimum atomic E-state index is 0.395. The molecule has 0 bridgehead atoms. The van der Waals surface area contributed by atoms with E-state index in [9.17, 15) is 5.26 Å². The Hall–Kier alpha value is -7.56. The molecule has 0 aliphatic heterocycles. The van der Waals surface area contributed by atoms with Crippen LogP contribution in [0.4, 0.5) is 0 Å². The summed E-state index contributed by atoms with van der Waals surface area (Å²) in [5, 5.41) is 16.9. The van der Waals surface area contributed by atoms with Gasteiger partial charge in [-0.1, -0.05) is 115 Å². The highest BCUT2D eigenvalue weighted by molar-refractivity contribution is 6.28. The van der Waals surface area contributed by atoms with Crippen LogP contribution in [-0.4, -0.2) is 19.5 Å². The van der Waals surface area contributed by atoms with Gasteiger partial charge in [0.15, 0.2) is 23.1 Å². The van der Waals surface area contributed by atoms with Gasteiger partial charge in [-0.25, -0.2) is 15.0 Å². The monoisotopic (exact) mass is 679 g/mol. The van der Waals surface area contributed by atoms with E-state index in [0.717, 1.165) is 71.3 Å². The van der Waals surface area contributed by atoms with E-state index in [2.05, 4.69) is 41.0 Å². The molecule has 0 saturated heterocycles. The number of fused-ring (bicyclic) bond motifs is 10. The number of aromatic nitrogens is 4. The zero-order valence-corrected chi connectivity index (χ0v) is 28.0. The summed E-state index contributed by atoms with van der Waals surface area (Å²) in [4.78, 5) is 15.0. The highest BCUT2D eigenvalue weighted by Gasteiger charge is 2.27. The van der Waals surface area contributed by atoms with Gasteiger partial charge >= 0.3 is 0 Å². The lowest BCUT2D eigenvalue weighted by Crippen LogP contribution is -2.03. The summed E-state index contributed by atoms with van der Waals surface area (Å²) >= 11 is 0. The molecule has 0 aliphatic carbocycles. The Bertz CT molecular complexity index is 3240. The summed E-state index contributed by atoms with van der Waals surface area (Å²) in [5.74, 6) is 1.43. The number of rotatable bonds is 4. The maximum atomic E-state index is 11.0. The molecule has 7 aromatic carbocycles. The number of nitrogens with zero attached hydrogens (tertiary/aromatic N) is 5. The molecule has 0 saturated carbocycles. The van der Waals surface area contributed by atoms with Crippen LogP contribution in [0.15, 0.2) is 160 Å². The van der Waals surface area contributed by atoms with Gasteiger partial charge in [0.2, 0.25) is 0 Å². The van der Waals surface area contributed by atoms with E-state index in [1.54, 1.807) is 0 Å². The Morgan fingerprint density at radius 3 is 1.72 bits per heavy atom. The van der Waals surface area contributed by atoms with E-state index in [4.69, 9.17) is 23.8 Å². The molecule has 4 aromatic heterocycles. The average Bonchev–Trinajstić information content (AvgIpc) is 3.90. The van der Waals surface area contributed by atoms with Crippen molar-refractivity contribution in [3.8, 4) is 45.9 Å². The van der Waals surface area contributed by atoms with Crippen LogP contribution in [0.1, 0.15) is 5.56 Å². The number of benzene rings is 7. The summed E-state index contributed by atoms with van der Waals surface area (Å²) in [7, 11) is 0. The Morgan fingerprint density at radius 1 is 0.472 bits per heavy atom. The molecule has 0 atom stereocenters. The van der Waals surface area contributed by atoms with Gasteiger partial charge in [-0.2, -0.15) is 5.26 Å². The highest BCUT2D eigenvalue weighted by Crippen LogP contribution is 2.46. The largest absolute Gasteiger partial charge is 0.456 e. The number of hydrogen-bond acceptors (Lipinski definition) is 6. The van der Waals surface area contributed by atoms with Crippen molar-refractivity contribution in [2.24, 2.45) is 0 Å². The topological polar surface area (TPSA) is 93.7 Å². The number of hydrogen-bond donors (Lipinski definition) is 0. The maximum Gasteiger partial charge on any atom is 0.166 e. The Morgan fingerprint density at radius 2 is 1.04 bits per heavy atom. The van der Waals surface area contributed by atoms with E-state index < -0.39 is 0 Å². The van der Waals surface area contributed by atoms with Crippen LogP contribution in [0, 0.1) is 11.3 Å². The molecule has 0 radical (unpaired) electrons. The molecule has 7 nitrogen and oxygen atoms in total. The van der Waals surface area contributed by atoms with E-state index >= 15 is 0 Å². The quantitative estimate of drug-likeness (QED) is 0.184. The van der Waals surface area contributed by atoms with Gasteiger partial charge in [0, 0.05) is 49.0 Å².